The predicted octanol–water partition coefficient (Wildman–Crippen LogP) is 1.92. The zero-order valence-corrected chi connectivity index (χ0v) is 11.7. The minimum absolute atomic E-state index is 0.00988. The Labute approximate surface area is 123 Å². The average molecular weight is 308 g/mol. The summed E-state index contributed by atoms with van der Waals surface area (Å²) in [6, 6.07) is 3.51. The molecule has 1 unspecified atom stereocenters. The molecule has 3 N–H and O–H groups in total. The van der Waals surface area contributed by atoms with E-state index < -0.39 is 17.4 Å². The largest absolute Gasteiger partial charge is 0.322 e. The second kappa shape index (κ2) is 4.94. The van der Waals surface area contributed by atoms with Crippen LogP contribution in [0.25, 0.3) is 16.7 Å². The first-order valence-corrected chi connectivity index (χ1v) is 6.54. The van der Waals surface area contributed by atoms with E-state index >= 15 is 0 Å². The molecule has 6 nitrogen and oxygen atoms in total. The van der Waals surface area contributed by atoms with E-state index in [0.29, 0.717) is 5.82 Å². The fraction of sp³-hybridized carbons (Fsp3) is 0.154. The molecule has 0 saturated carbocycles. The number of aromatic nitrogens is 4. The molecule has 0 aliphatic carbocycles. The van der Waals surface area contributed by atoms with Gasteiger partial charge in [-0.15, -0.1) is 0 Å². The molecule has 3 aromatic rings. The molecule has 0 aliphatic heterocycles. The number of nitrogens with one attached hydrogen (secondary N) is 1. The van der Waals surface area contributed by atoms with Gasteiger partial charge in [-0.2, -0.15) is 5.10 Å². The summed E-state index contributed by atoms with van der Waals surface area (Å²) >= 11 is 6.02. The fourth-order valence-electron chi connectivity index (χ4n) is 2.15. The summed E-state index contributed by atoms with van der Waals surface area (Å²) in [6.07, 6.45) is 1.49. The highest BCUT2D eigenvalue weighted by atomic mass is 35.5. The van der Waals surface area contributed by atoms with Gasteiger partial charge in [-0.05, 0) is 19.1 Å². The molecule has 0 fully saturated rings. The van der Waals surface area contributed by atoms with E-state index in [1.165, 1.54) is 22.9 Å². The van der Waals surface area contributed by atoms with Gasteiger partial charge >= 0.3 is 0 Å². The standard InChI is InChI=1S/C13H11ClFN5O/c1-6(16)12-18-11-8(15)3-2-7(14)10(11)13(21)20(12)9-4-5-17-19-9/h2-6H,16H2,1H3,(H,17,19). The Kier molecular flexibility index (Phi) is 3.23. The molecule has 1 aromatic carbocycles. The highest BCUT2D eigenvalue weighted by Gasteiger charge is 2.19. The third-order valence-electron chi connectivity index (χ3n) is 3.08. The van der Waals surface area contributed by atoms with Gasteiger partial charge in [0, 0.05) is 6.07 Å². The van der Waals surface area contributed by atoms with Crippen LogP contribution in [0.5, 0.6) is 0 Å². The summed E-state index contributed by atoms with van der Waals surface area (Å²) in [5, 5.41) is 6.61. The first-order chi connectivity index (χ1) is 10.0. The average Bonchev–Trinajstić information content (AvgIpc) is 2.95. The second-order valence-electron chi connectivity index (χ2n) is 4.59. The Morgan fingerprint density at radius 3 is 2.81 bits per heavy atom. The van der Waals surface area contributed by atoms with Crippen LogP contribution in [0.3, 0.4) is 0 Å². The first kappa shape index (κ1) is 13.7. The molecular weight excluding hydrogens is 297 g/mol. The molecule has 0 radical (unpaired) electrons. The number of nitrogens with zero attached hydrogens (tertiary/aromatic N) is 3. The molecule has 0 aliphatic rings. The molecule has 1 atom stereocenters. The Morgan fingerprint density at radius 1 is 1.43 bits per heavy atom. The van der Waals surface area contributed by atoms with Gasteiger partial charge in [-0.3, -0.25) is 9.89 Å². The van der Waals surface area contributed by atoms with Gasteiger partial charge in [0.15, 0.2) is 0 Å². The quantitative estimate of drug-likeness (QED) is 0.757. The summed E-state index contributed by atoms with van der Waals surface area (Å²) in [5.41, 5.74) is 5.27. The van der Waals surface area contributed by atoms with Crippen LogP contribution in [0.15, 0.2) is 29.2 Å². The lowest BCUT2D eigenvalue weighted by Crippen LogP contribution is -2.28. The first-order valence-electron chi connectivity index (χ1n) is 6.16. The van der Waals surface area contributed by atoms with Crippen LogP contribution in [-0.2, 0) is 0 Å². The smallest absolute Gasteiger partial charge is 0.268 e. The molecule has 0 spiro atoms. The number of benzene rings is 1. The van der Waals surface area contributed by atoms with Gasteiger partial charge in [0.2, 0.25) is 0 Å². The maximum absolute atomic E-state index is 13.9. The highest BCUT2D eigenvalue weighted by molar-refractivity contribution is 6.35. The SMILES string of the molecule is CC(N)c1nc2c(F)ccc(Cl)c2c(=O)n1-c1ccn[nH]1. The number of fused-ring (bicyclic) bond motifs is 1. The van der Waals surface area contributed by atoms with E-state index in [9.17, 15) is 9.18 Å². The monoisotopic (exact) mass is 307 g/mol. The summed E-state index contributed by atoms with van der Waals surface area (Å²) in [5.74, 6) is -0.00916. The van der Waals surface area contributed by atoms with Crippen molar-refractivity contribution in [3.8, 4) is 5.82 Å². The fourth-order valence-corrected chi connectivity index (χ4v) is 2.38. The maximum atomic E-state index is 13.9. The van der Waals surface area contributed by atoms with Crippen molar-refractivity contribution in [1.29, 1.82) is 0 Å². The second-order valence-corrected chi connectivity index (χ2v) is 5.00. The lowest BCUT2D eigenvalue weighted by Gasteiger charge is -2.14. The Bertz CT molecular complexity index is 872. The number of hydrogen-bond donors (Lipinski definition) is 2. The molecule has 2 heterocycles. The van der Waals surface area contributed by atoms with Crippen LogP contribution in [0.1, 0.15) is 18.8 Å². The van der Waals surface area contributed by atoms with Crippen molar-refractivity contribution >= 4 is 22.5 Å². The Balaban J connectivity index is 2.52. The zero-order valence-electron chi connectivity index (χ0n) is 11.0. The minimum Gasteiger partial charge on any atom is -0.322 e. The van der Waals surface area contributed by atoms with Crippen molar-refractivity contribution in [1.82, 2.24) is 19.7 Å². The number of halogens is 2. The van der Waals surface area contributed by atoms with E-state index in [0.717, 1.165) is 0 Å². The van der Waals surface area contributed by atoms with Gasteiger partial charge in [0.25, 0.3) is 5.56 Å². The molecule has 0 amide bonds. The molecular formula is C13H11ClFN5O. The van der Waals surface area contributed by atoms with Gasteiger partial charge in [-0.25, -0.2) is 13.9 Å². The number of hydrogen-bond acceptors (Lipinski definition) is 4. The number of rotatable bonds is 2. The predicted molar refractivity (Wildman–Crippen MR) is 77.1 cm³/mol. The molecule has 108 valence electrons. The van der Waals surface area contributed by atoms with Crippen LogP contribution >= 0.6 is 11.6 Å². The number of nitrogens with two attached hydrogens (primary N) is 1. The van der Waals surface area contributed by atoms with Crippen LogP contribution in [0.4, 0.5) is 4.39 Å². The molecule has 3 rings (SSSR count). The molecule has 21 heavy (non-hydrogen) atoms. The normalized spacial score (nSPS) is 12.8. The summed E-state index contributed by atoms with van der Waals surface area (Å²) in [7, 11) is 0. The Hall–Kier alpha value is -2.25. The molecule has 2 aromatic heterocycles. The van der Waals surface area contributed by atoms with Gasteiger partial charge in [0.1, 0.15) is 23.0 Å². The number of H-pyrrole nitrogens is 1. The topological polar surface area (TPSA) is 89.6 Å². The van der Waals surface area contributed by atoms with Crippen LogP contribution in [0, 0.1) is 5.82 Å². The maximum Gasteiger partial charge on any atom is 0.268 e. The van der Waals surface area contributed by atoms with Gasteiger partial charge in [-0.1, -0.05) is 11.6 Å². The summed E-state index contributed by atoms with van der Waals surface area (Å²) < 4.78 is 15.2. The number of aromatic amines is 1. The summed E-state index contributed by atoms with van der Waals surface area (Å²) in [4.78, 5) is 16.9. The van der Waals surface area contributed by atoms with Gasteiger partial charge in [0.05, 0.1) is 22.6 Å². The molecule has 0 saturated heterocycles. The van der Waals surface area contributed by atoms with Crippen LogP contribution in [0.2, 0.25) is 5.02 Å². The van der Waals surface area contributed by atoms with Crippen molar-refractivity contribution in [2.24, 2.45) is 5.73 Å². The highest BCUT2D eigenvalue weighted by Crippen LogP contribution is 2.23. The van der Waals surface area contributed by atoms with E-state index in [1.54, 1.807) is 13.0 Å². The third-order valence-corrected chi connectivity index (χ3v) is 3.40. The van der Waals surface area contributed by atoms with Crippen molar-refractivity contribution in [2.45, 2.75) is 13.0 Å². The van der Waals surface area contributed by atoms with E-state index in [-0.39, 0.29) is 21.7 Å². The van der Waals surface area contributed by atoms with Crippen molar-refractivity contribution in [3.05, 3.63) is 51.4 Å². The molecule has 8 heteroatoms. The van der Waals surface area contributed by atoms with Gasteiger partial charge < -0.3 is 5.73 Å². The summed E-state index contributed by atoms with van der Waals surface area (Å²) in [6.45, 7) is 1.66. The lowest BCUT2D eigenvalue weighted by molar-refractivity contribution is 0.629. The van der Waals surface area contributed by atoms with E-state index in [4.69, 9.17) is 17.3 Å². The van der Waals surface area contributed by atoms with Crippen molar-refractivity contribution < 1.29 is 4.39 Å². The zero-order chi connectivity index (χ0) is 15.1. The third kappa shape index (κ3) is 2.10. The van der Waals surface area contributed by atoms with E-state index in [1.807, 2.05) is 0 Å². The lowest BCUT2D eigenvalue weighted by atomic mass is 10.2. The minimum atomic E-state index is -0.620. The van der Waals surface area contributed by atoms with Crippen molar-refractivity contribution in [3.63, 3.8) is 0 Å². The Morgan fingerprint density at radius 2 is 2.19 bits per heavy atom. The molecule has 0 bridgehead atoms. The van der Waals surface area contributed by atoms with Crippen LogP contribution < -0.4 is 11.3 Å². The van der Waals surface area contributed by atoms with Crippen LogP contribution in [-0.4, -0.2) is 19.7 Å². The van der Waals surface area contributed by atoms with E-state index in [2.05, 4.69) is 15.2 Å². The van der Waals surface area contributed by atoms with Crippen molar-refractivity contribution in [2.75, 3.05) is 0 Å².